The van der Waals surface area contributed by atoms with Gasteiger partial charge in [0.15, 0.2) is 0 Å². The molecule has 0 aliphatic rings. The second-order valence-corrected chi connectivity index (χ2v) is 5.35. The summed E-state index contributed by atoms with van der Waals surface area (Å²) in [5.41, 5.74) is 0.160. The Bertz CT molecular complexity index is 625. The molecule has 0 aliphatic heterocycles. The Morgan fingerprint density at radius 1 is 0.952 bits per heavy atom. The summed E-state index contributed by atoms with van der Waals surface area (Å²) in [6.45, 7) is 0.323. The van der Waals surface area contributed by atoms with Crippen LogP contribution in [0.4, 0.5) is 17.6 Å². The highest BCUT2D eigenvalue weighted by atomic mass is 79.9. The first-order chi connectivity index (χ1) is 9.88. The number of nitrogens with one attached hydrogen (secondary N) is 1. The van der Waals surface area contributed by atoms with Crippen molar-refractivity contribution in [2.45, 2.75) is 19.3 Å². The summed E-state index contributed by atoms with van der Waals surface area (Å²) in [7, 11) is 0. The van der Waals surface area contributed by atoms with Gasteiger partial charge in [-0.15, -0.1) is 0 Å². The van der Waals surface area contributed by atoms with E-state index in [2.05, 4.69) is 21.2 Å². The van der Waals surface area contributed by atoms with E-state index < -0.39 is 11.7 Å². The zero-order valence-electron chi connectivity index (χ0n) is 10.8. The summed E-state index contributed by atoms with van der Waals surface area (Å²) in [6, 6.07) is 9.61. The zero-order chi connectivity index (χ0) is 15.5. The van der Waals surface area contributed by atoms with Crippen LogP contribution in [-0.2, 0) is 19.3 Å². The average molecular weight is 362 g/mol. The number of rotatable bonds is 4. The molecule has 0 aromatic heterocycles. The summed E-state index contributed by atoms with van der Waals surface area (Å²) in [4.78, 5) is 0. The number of halogens is 5. The van der Waals surface area contributed by atoms with Gasteiger partial charge in [0.2, 0.25) is 0 Å². The number of hydrogen-bond donors (Lipinski definition) is 1. The molecular formula is C15H12BrF4N. The van der Waals surface area contributed by atoms with Gasteiger partial charge >= 0.3 is 6.18 Å². The predicted octanol–water partition coefficient (Wildman–Crippen LogP) is 4.90. The molecule has 0 saturated carbocycles. The van der Waals surface area contributed by atoms with Gasteiger partial charge in [0.25, 0.3) is 0 Å². The van der Waals surface area contributed by atoms with Gasteiger partial charge in [-0.3, -0.25) is 0 Å². The molecule has 0 atom stereocenters. The molecule has 6 heteroatoms. The molecule has 0 aliphatic carbocycles. The van der Waals surface area contributed by atoms with E-state index in [-0.39, 0.29) is 24.5 Å². The maximum atomic E-state index is 13.1. The number of hydrogen-bond acceptors (Lipinski definition) is 1. The molecule has 0 amide bonds. The lowest BCUT2D eigenvalue weighted by Crippen LogP contribution is -2.17. The number of alkyl halides is 3. The Kier molecular flexibility index (Phi) is 5.00. The molecule has 0 bridgehead atoms. The van der Waals surface area contributed by atoms with Crippen molar-refractivity contribution < 1.29 is 17.6 Å². The van der Waals surface area contributed by atoms with Crippen molar-refractivity contribution in [3.63, 3.8) is 0 Å². The highest BCUT2D eigenvalue weighted by Gasteiger charge is 2.32. The lowest BCUT2D eigenvalue weighted by Gasteiger charge is -2.13. The van der Waals surface area contributed by atoms with Crippen LogP contribution < -0.4 is 5.32 Å². The lowest BCUT2D eigenvalue weighted by molar-refractivity contribution is -0.138. The molecule has 0 heterocycles. The molecule has 0 radical (unpaired) electrons. The molecule has 0 fully saturated rings. The van der Waals surface area contributed by atoms with E-state index in [1.54, 1.807) is 12.1 Å². The maximum Gasteiger partial charge on any atom is 0.416 e. The van der Waals surface area contributed by atoms with Gasteiger partial charge in [-0.05, 0) is 35.4 Å². The first-order valence-electron chi connectivity index (χ1n) is 6.17. The third kappa shape index (κ3) is 4.28. The summed E-state index contributed by atoms with van der Waals surface area (Å²) < 4.78 is 52.3. The predicted molar refractivity (Wildman–Crippen MR) is 76.1 cm³/mol. The van der Waals surface area contributed by atoms with Crippen molar-refractivity contribution in [2.24, 2.45) is 0 Å². The first-order valence-corrected chi connectivity index (χ1v) is 6.97. The molecule has 0 unspecified atom stereocenters. The minimum Gasteiger partial charge on any atom is -0.309 e. The van der Waals surface area contributed by atoms with Crippen LogP contribution in [-0.4, -0.2) is 0 Å². The quantitative estimate of drug-likeness (QED) is 0.764. The van der Waals surface area contributed by atoms with E-state index in [9.17, 15) is 17.6 Å². The average Bonchev–Trinajstić information content (AvgIpc) is 2.42. The molecule has 2 aromatic carbocycles. The molecule has 0 spiro atoms. The third-order valence-corrected chi connectivity index (χ3v) is 3.74. The third-order valence-electron chi connectivity index (χ3n) is 2.96. The topological polar surface area (TPSA) is 12.0 Å². The van der Waals surface area contributed by atoms with Gasteiger partial charge in [0, 0.05) is 17.6 Å². The van der Waals surface area contributed by atoms with E-state index in [0.717, 1.165) is 6.07 Å². The molecule has 2 rings (SSSR count). The van der Waals surface area contributed by atoms with E-state index in [1.807, 2.05) is 0 Å². The van der Waals surface area contributed by atoms with Crippen LogP contribution in [0.25, 0.3) is 0 Å². The van der Waals surface area contributed by atoms with Crippen LogP contribution in [0.2, 0.25) is 0 Å². The van der Waals surface area contributed by atoms with Crippen LogP contribution in [0.3, 0.4) is 0 Å². The Labute approximate surface area is 128 Å². The molecule has 112 valence electrons. The Hall–Kier alpha value is -1.40. The standard InChI is InChI=1S/C15H12BrF4N/c16-14-6-5-12(17)7-11(14)9-21-8-10-3-1-2-4-13(10)15(18,19)20/h1-7,21H,8-9H2. The van der Waals surface area contributed by atoms with Crippen molar-refractivity contribution >= 4 is 15.9 Å². The highest BCUT2D eigenvalue weighted by Crippen LogP contribution is 2.31. The van der Waals surface area contributed by atoms with Crippen molar-refractivity contribution in [2.75, 3.05) is 0 Å². The van der Waals surface area contributed by atoms with Gasteiger partial charge in [0.05, 0.1) is 5.56 Å². The zero-order valence-corrected chi connectivity index (χ0v) is 12.4. The van der Waals surface area contributed by atoms with Crippen LogP contribution >= 0.6 is 15.9 Å². The fraction of sp³-hybridized carbons (Fsp3) is 0.200. The second-order valence-electron chi connectivity index (χ2n) is 4.49. The van der Waals surface area contributed by atoms with Gasteiger partial charge in [-0.2, -0.15) is 13.2 Å². The molecule has 21 heavy (non-hydrogen) atoms. The monoisotopic (exact) mass is 361 g/mol. The van der Waals surface area contributed by atoms with Crippen molar-refractivity contribution in [3.05, 3.63) is 69.4 Å². The van der Waals surface area contributed by atoms with Crippen molar-refractivity contribution in [1.29, 1.82) is 0 Å². The lowest BCUT2D eigenvalue weighted by atomic mass is 10.1. The highest BCUT2D eigenvalue weighted by molar-refractivity contribution is 9.10. The molecule has 2 aromatic rings. The Morgan fingerprint density at radius 2 is 1.62 bits per heavy atom. The van der Waals surface area contributed by atoms with Crippen LogP contribution in [0.15, 0.2) is 46.9 Å². The van der Waals surface area contributed by atoms with Crippen LogP contribution in [0, 0.1) is 5.82 Å². The first kappa shape index (κ1) is 16.0. The molecule has 1 N–H and O–H groups in total. The SMILES string of the molecule is Fc1ccc(Br)c(CNCc2ccccc2C(F)(F)F)c1. The smallest absolute Gasteiger partial charge is 0.309 e. The minimum absolute atomic E-state index is 0.0542. The summed E-state index contributed by atoms with van der Waals surface area (Å²) in [5.74, 6) is -0.384. The van der Waals surface area contributed by atoms with Crippen LogP contribution in [0.5, 0.6) is 0 Å². The largest absolute Gasteiger partial charge is 0.416 e. The maximum absolute atomic E-state index is 13.1. The van der Waals surface area contributed by atoms with E-state index in [4.69, 9.17) is 0 Å². The summed E-state index contributed by atoms with van der Waals surface area (Å²) in [6.07, 6.45) is -4.38. The van der Waals surface area contributed by atoms with Gasteiger partial charge in [-0.1, -0.05) is 34.1 Å². The van der Waals surface area contributed by atoms with Crippen LogP contribution in [0.1, 0.15) is 16.7 Å². The van der Waals surface area contributed by atoms with E-state index in [1.165, 1.54) is 24.3 Å². The van der Waals surface area contributed by atoms with E-state index in [0.29, 0.717) is 10.0 Å². The van der Waals surface area contributed by atoms with Gasteiger partial charge in [0.1, 0.15) is 5.82 Å². The number of benzene rings is 2. The van der Waals surface area contributed by atoms with Crippen molar-refractivity contribution in [3.8, 4) is 0 Å². The summed E-state index contributed by atoms with van der Waals surface area (Å²) >= 11 is 3.28. The van der Waals surface area contributed by atoms with Crippen molar-refractivity contribution in [1.82, 2.24) is 5.32 Å². The van der Waals surface area contributed by atoms with Gasteiger partial charge in [-0.25, -0.2) is 4.39 Å². The second kappa shape index (κ2) is 6.58. The van der Waals surface area contributed by atoms with Gasteiger partial charge < -0.3 is 5.32 Å². The molecule has 0 saturated heterocycles. The Balaban J connectivity index is 2.06. The summed E-state index contributed by atoms with van der Waals surface area (Å²) in [5, 5.41) is 2.90. The normalized spacial score (nSPS) is 11.7. The molecule has 1 nitrogen and oxygen atoms in total. The minimum atomic E-state index is -4.38. The Morgan fingerprint density at radius 3 is 2.33 bits per heavy atom. The van der Waals surface area contributed by atoms with E-state index >= 15 is 0 Å². The molecular weight excluding hydrogens is 350 g/mol. The fourth-order valence-electron chi connectivity index (χ4n) is 1.96. The fourth-order valence-corrected chi connectivity index (χ4v) is 2.35.